The van der Waals surface area contributed by atoms with Crippen LogP contribution < -0.4 is 5.73 Å². The molecule has 0 aromatic heterocycles. The zero-order chi connectivity index (χ0) is 13.1. The summed E-state index contributed by atoms with van der Waals surface area (Å²) in [5, 5.41) is 10.9. The van der Waals surface area contributed by atoms with E-state index in [9.17, 15) is 10.1 Å². The molecule has 0 bridgehead atoms. The summed E-state index contributed by atoms with van der Waals surface area (Å²) in [6, 6.07) is 5.31. The molecule has 106 valence electrons. The molecule has 1 aliphatic heterocycles. The van der Waals surface area contributed by atoms with Gasteiger partial charge < -0.3 is 5.73 Å². The number of likely N-dealkylation sites (tertiary alicyclic amines) is 1. The molecule has 5 nitrogen and oxygen atoms in total. The molecule has 0 radical (unpaired) electrons. The topological polar surface area (TPSA) is 72.4 Å². The van der Waals surface area contributed by atoms with E-state index in [0.717, 1.165) is 31.5 Å². The smallest absolute Gasteiger partial charge is 0.287 e. The molecule has 0 spiro atoms. The van der Waals surface area contributed by atoms with Crippen LogP contribution in [0.15, 0.2) is 18.2 Å². The molecule has 0 aliphatic carbocycles. The molecule has 1 fully saturated rings. The van der Waals surface area contributed by atoms with Gasteiger partial charge in [0.1, 0.15) is 5.02 Å². The molecule has 2 rings (SSSR count). The fourth-order valence-electron chi connectivity index (χ4n) is 2.40. The van der Waals surface area contributed by atoms with Crippen LogP contribution in [-0.2, 0) is 6.54 Å². The highest BCUT2D eigenvalue weighted by molar-refractivity contribution is 6.32. The number of nitro groups is 1. The fourth-order valence-corrected chi connectivity index (χ4v) is 2.67. The Morgan fingerprint density at radius 1 is 1.53 bits per heavy atom. The third-order valence-corrected chi connectivity index (χ3v) is 3.67. The molecule has 1 aromatic rings. The lowest BCUT2D eigenvalue weighted by Crippen LogP contribution is -2.34. The molecule has 1 aromatic carbocycles. The molecule has 0 amide bonds. The lowest BCUT2D eigenvalue weighted by Gasteiger charge is -2.23. The molecule has 0 saturated carbocycles. The summed E-state index contributed by atoms with van der Waals surface area (Å²) in [7, 11) is 0. The van der Waals surface area contributed by atoms with Crippen LogP contribution in [0, 0.1) is 10.1 Å². The van der Waals surface area contributed by atoms with E-state index in [1.54, 1.807) is 12.1 Å². The second-order valence-electron chi connectivity index (χ2n) is 4.55. The number of halogens is 2. The highest BCUT2D eigenvalue weighted by Gasteiger charge is 2.23. The highest BCUT2D eigenvalue weighted by atomic mass is 35.5. The molecule has 19 heavy (non-hydrogen) atoms. The highest BCUT2D eigenvalue weighted by Crippen LogP contribution is 2.27. The predicted molar refractivity (Wildman–Crippen MR) is 77.8 cm³/mol. The van der Waals surface area contributed by atoms with Gasteiger partial charge in [0.05, 0.1) is 4.92 Å². The Kier molecular flexibility index (Phi) is 6.00. The van der Waals surface area contributed by atoms with Crippen molar-refractivity contribution in [2.24, 2.45) is 5.73 Å². The summed E-state index contributed by atoms with van der Waals surface area (Å²) in [6.45, 7) is 2.43. The molecule has 7 heteroatoms. The number of nitrogens with two attached hydrogens (primary N) is 1. The molecular weight excluding hydrogens is 289 g/mol. The Morgan fingerprint density at radius 2 is 2.26 bits per heavy atom. The van der Waals surface area contributed by atoms with Gasteiger partial charge in [-0.1, -0.05) is 17.7 Å². The van der Waals surface area contributed by atoms with Gasteiger partial charge in [-0.15, -0.1) is 12.4 Å². The maximum atomic E-state index is 10.7. The summed E-state index contributed by atoms with van der Waals surface area (Å²) in [4.78, 5) is 12.5. The van der Waals surface area contributed by atoms with Crippen molar-refractivity contribution in [1.29, 1.82) is 0 Å². The SMILES string of the molecule is Cl.NCC1CCCN1Cc1ccc([N+](=O)[O-])c(Cl)c1. The minimum absolute atomic E-state index is 0. The van der Waals surface area contributed by atoms with Crippen molar-refractivity contribution in [3.8, 4) is 0 Å². The van der Waals surface area contributed by atoms with E-state index in [1.165, 1.54) is 6.07 Å². The van der Waals surface area contributed by atoms with E-state index >= 15 is 0 Å². The number of benzene rings is 1. The summed E-state index contributed by atoms with van der Waals surface area (Å²) < 4.78 is 0. The van der Waals surface area contributed by atoms with Crippen molar-refractivity contribution in [1.82, 2.24) is 4.90 Å². The van der Waals surface area contributed by atoms with Crippen molar-refractivity contribution in [2.45, 2.75) is 25.4 Å². The second kappa shape index (κ2) is 7.05. The molecule has 1 unspecified atom stereocenters. The molecule has 2 N–H and O–H groups in total. The van der Waals surface area contributed by atoms with E-state index in [-0.39, 0.29) is 23.1 Å². The molecule has 1 heterocycles. The van der Waals surface area contributed by atoms with Crippen LogP contribution in [0.4, 0.5) is 5.69 Å². The van der Waals surface area contributed by atoms with Crippen LogP contribution in [0.1, 0.15) is 18.4 Å². The molecule has 1 saturated heterocycles. The third-order valence-electron chi connectivity index (χ3n) is 3.37. The van der Waals surface area contributed by atoms with Crippen LogP contribution in [0.25, 0.3) is 0 Å². The van der Waals surface area contributed by atoms with Crippen LogP contribution in [0.5, 0.6) is 0 Å². The Balaban J connectivity index is 0.00000180. The first-order valence-electron chi connectivity index (χ1n) is 5.98. The van der Waals surface area contributed by atoms with Gasteiger partial charge in [-0.2, -0.15) is 0 Å². The van der Waals surface area contributed by atoms with E-state index in [2.05, 4.69) is 4.90 Å². The minimum Gasteiger partial charge on any atom is -0.329 e. The lowest BCUT2D eigenvalue weighted by atomic mass is 10.1. The number of rotatable bonds is 4. The van der Waals surface area contributed by atoms with Gasteiger partial charge in [0.2, 0.25) is 0 Å². The number of hydrogen-bond acceptors (Lipinski definition) is 4. The van der Waals surface area contributed by atoms with Gasteiger partial charge in [0, 0.05) is 25.2 Å². The van der Waals surface area contributed by atoms with Crippen molar-refractivity contribution >= 4 is 29.7 Å². The van der Waals surface area contributed by atoms with E-state index < -0.39 is 4.92 Å². The van der Waals surface area contributed by atoms with Crippen molar-refractivity contribution in [2.75, 3.05) is 13.1 Å². The zero-order valence-corrected chi connectivity index (χ0v) is 12.0. The van der Waals surface area contributed by atoms with Gasteiger partial charge in [-0.3, -0.25) is 15.0 Å². The Morgan fingerprint density at radius 3 is 2.84 bits per heavy atom. The van der Waals surface area contributed by atoms with E-state index in [4.69, 9.17) is 17.3 Å². The Bertz CT molecular complexity index is 457. The average Bonchev–Trinajstić information content (AvgIpc) is 2.76. The van der Waals surface area contributed by atoms with Crippen molar-refractivity contribution in [3.05, 3.63) is 38.9 Å². The second-order valence-corrected chi connectivity index (χ2v) is 4.95. The predicted octanol–water partition coefficient (Wildman–Crippen LogP) is 2.59. The summed E-state index contributed by atoms with van der Waals surface area (Å²) in [5.41, 5.74) is 6.66. The third kappa shape index (κ3) is 3.79. The normalized spacial score (nSPS) is 19.2. The largest absolute Gasteiger partial charge is 0.329 e. The Labute approximate surface area is 123 Å². The summed E-state index contributed by atoms with van der Waals surface area (Å²) >= 11 is 5.90. The van der Waals surface area contributed by atoms with Gasteiger partial charge in [-0.05, 0) is 31.0 Å². The standard InChI is InChI=1S/C12H16ClN3O2.ClH/c13-11-6-9(3-4-12(11)16(17)18)8-15-5-1-2-10(15)7-14;/h3-4,6,10H,1-2,5,7-8,14H2;1H. The quantitative estimate of drug-likeness (QED) is 0.685. The monoisotopic (exact) mass is 305 g/mol. The van der Waals surface area contributed by atoms with Gasteiger partial charge >= 0.3 is 0 Å². The van der Waals surface area contributed by atoms with Crippen LogP contribution >= 0.6 is 24.0 Å². The first kappa shape index (κ1) is 16.2. The number of nitro benzene ring substituents is 1. The average molecular weight is 306 g/mol. The van der Waals surface area contributed by atoms with Gasteiger partial charge in [0.15, 0.2) is 0 Å². The maximum Gasteiger partial charge on any atom is 0.287 e. The van der Waals surface area contributed by atoms with Crippen molar-refractivity contribution < 1.29 is 4.92 Å². The summed E-state index contributed by atoms with van der Waals surface area (Å²) in [6.07, 6.45) is 2.28. The van der Waals surface area contributed by atoms with Crippen LogP contribution in [0.3, 0.4) is 0 Å². The van der Waals surface area contributed by atoms with E-state index in [1.807, 2.05) is 0 Å². The number of nitrogens with zero attached hydrogens (tertiary/aromatic N) is 2. The minimum atomic E-state index is -0.468. The van der Waals surface area contributed by atoms with Gasteiger partial charge in [0.25, 0.3) is 5.69 Å². The lowest BCUT2D eigenvalue weighted by molar-refractivity contribution is -0.384. The first-order chi connectivity index (χ1) is 8.61. The van der Waals surface area contributed by atoms with Crippen LogP contribution in [-0.4, -0.2) is 29.0 Å². The first-order valence-corrected chi connectivity index (χ1v) is 6.36. The van der Waals surface area contributed by atoms with Crippen LogP contribution in [0.2, 0.25) is 5.02 Å². The van der Waals surface area contributed by atoms with Crippen molar-refractivity contribution in [3.63, 3.8) is 0 Å². The molecule has 1 atom stereocenters. The number of hydrogen-bond donors (Lipinski definition) is 1. The van der Waals surface area contributed by atoms with Gasteiger partial charge in [-0.25, -0.2) is 0 Å². The zero-order valence-electron chi connectivity index (χ0n) is 10.4. The Hall–Kier alpha value is -0.880. The fraction of sp³-hybridized carbons (Fsp3) is 0.500. The summed E-state index contributed by atoms with van der Waals surface area (Å²) in [5.74, 6) is 0. The molecule has 1 aliphatic rings. The maximum absolute atomic E-state index is 10.7. The van der Waals surface area contributed by atoms with E-state index in [0.29, 0.717) is 12.6 Å². The molecular formula is C12H17Cl2N3O2.